The molecule has 1 unspecified atom stereocenters. The number of ether oxygens (including phenoxy) is 2. The average Bonchev–Trinajstić information content (AvgIpc) is 2.97. The van der Waals surface area contributed by atoms with Gasteiger partial charge in [0.2, 0.25) is 5.60 Å². The molecule has 36 heavy (non-hydrogen) atoms. The third-order valence-electron chi connectivity index (χ3n) is 9.35. The van der Waals surface area contributed by atoms with E-state index in [1.807, 2.05) is 20.8 Å². The number of carbonyl (C=O) groups excluding carboxylic acids is 2. The minimum absolute atomic E-state index is 0.00303. The van der Waals surface area contributed by atoms with Gasteiger partial charge in [-0.1, -0.05) is 40.7 Å². The molecule has 200 valence electrons. The molecular formula is C27H36F2O7. The zero-order valence-electron chi connectivity index (χ0n) is 21.6. The third-order valence-corrected chi connectivity index (χ3v) is 9.35. The molecule has 0 spiro atoms. The molecule has 0 bridgehead atoms. The molecule has 9 atom stereocenters. The van der Waals surface area contributed by atoms with Crippen LogP contribution in [-0.2, 0) is 19.1 Å². The summed E-state index contributed by atoms with van der Waals surface area (Å²) in [6, 6.07) is 0. The van der Waals surface area contributed by atoms with Crippen LogP contribution in [0.25, 0.3) is 0 Å². The second-order valence-corrected chi connectivity index (χ2v) is 12.7. The highest BCUT2D eigenvalue weighted by atomic mass is 19.1. The highest BCUT2D eigenvalue weighted by molar-refractivity contribution is 6.01. The largest absolute Gasteiger partial charge is 0.509 e. The number of carbonyl (C=O) groups is 3. The maximum Gasteiger partial charge on any atom is 0.509 e. The van der Waals surface area contributed by atoms with Gasteiger partial charge in [-0.05, 0) is 55.2 Å². The fourth-order valence-corrected chi connectivity index (χ4v) is 7.68. The van der Waals surface area contributed by atoms with Crippen LogP contribution in [0.2, 0.25) is 0 Å². The predicted molar refractivity (Wildman–Crippen MR) is 125 cm³/mol. The Morgan fingerprint density at radius 3 is 2.42 bits per heavy atom. The Morgan fingerprint density at radius 2 is 1.83 bits per heavy atom. The second-order valence-electron chi connectivity index (χ2n) is 12.7. The van der Waals surface area contributed by atoms with Gasteiger partial charge in [-0.15, -0.1) is 0 Å². The number of alkyl halides is 2. The number of rotatable bonds is 3. The number of aliphatic carboxylic acids is 1. The molecule has 3 fully saturated rings. The molecule has 0 aromatic carbocycles. The fourth-order valence-electron chi connectivity index (χ4n) is 7.68. The van der Waals surface area contributed by atoms with Crippen LogP contribution in [0.3, 0.4) is 0 Å². The number of ketones is 1. The molecule has 0 aromatic rings. The Labute approximate surface area is 209 Å². The SMILES string of the molecule is C[C@@H]1C[C@H]2[C@@H]3C[C@H](F)C4=CC(=O)C=C[C@]4(C)C3(F)[C@@H](O)C[C@]2(C)[C@]1(OC(=O)OCC(C)(C)C)C(=O)O. The van der Waals surface area contributed by atoms with Gasteiger partial charge in [-0.3, -0.25) is 4.79 Å². The van der Waals surface area contributed by atoms with Gasteiger partial charge >= 0.3 is 12.1 Å². The Bertz CT molecular complexity index is 1050. The highest BCUT2D eigenvalue weighted by Crippen LogP contribution is 2.71. The van der Waals surface area contributed by atoms with E-state index in [0.717, 1.165) is 6.08 Å². The maximum atomic E-state index is 17.2. The van der Waals surface area contributed by atoms with Crippen molar-refractivity contribution in [3.63, 3.8) is 0 Å². The van der Waals surface area contributed by atoms with Crippen LogP contribution in [0.1, 0.15) is 60.8 Å². The first-order valence-electron chi connectivity index (χ1n) is 12.5. The number of hydrogen-bond donors (Lipinski definition) is 2. The van der Waals surface area contributed by atoms with E-state index in [1.54, 1.807) is 13.8 Å². The van der Waals surface area contributed by atoms with Crippen LogP contribution in [0.15, 0.2) is 23.8 Å². The first-order chi connectivity index (χ1) is 16.4. The van der Waals surface area contributed by atoms with Crippen molar-refractivity contribution in [1.82, 2.24) is 0 Å². The molecule has 4 aliphatic carbocycles. The number of allylic oxidation sites excluding steroid dienone is 4. The Kier molecular flexibility index (Phi) is 6.02. The van der Waals surface area contributed by atoms with Crippen molar-refractivity contribution in [2.75, 3.05) is 6.61 Å². The van der Waals surface area contributed by atoms with Crippen LogP contribution in [0.4, 0.5) is 13.6 Å². The smallest absolute Gasteiger partial charge is 0.478 e. The molecule has 7 nitrogen and oxygen atoms in total. The summed E-state index contributed by atoms with van der Waals surface area (Å²) in [4.78, 5) is 37.5. The molecule has 9 heteroatoms. The van der Waals surface area contributed by atoms with E-state index < -0.39 is 70.0 Å². The van der Waals surface area contributed by atoms with E-state index in [2.05, 4.69) is 0 Å². The Morgan fingerprint density at radius 1 is 1.19 bits per heavy atom. The normalized spacial score (nSPS) is 45.8. The van der Waals surface area contributed by atoms with E-state index in [9.17, 15) is 24.6 Å². The highest BCUT2D eigenvalue weighted by Gasteiger charge is 2.78. The average molecular weight is 511 g/mol. The van der Waals surface area contributed by atoms with Crippen molar-refractivity contribution in [2.24, 2.45) is 34.0 Å². The minimum atomic E-state index is -2.34. The standard InChI is InChI=1S/C27H36F2O7/c1-14-9-16-17-11-19(28)18-10-15(30)7-8-24(18,5)26(17,29)20(31)12-25(16,6)27(14,21(32)33)36-22(34)35-13-23(2,3)4/h7-8,10,14,16-17,19-20,31H,9,11-13H2,1-6H3,(H,32,33)/t14-,16+,17+,19+,20+,24+,25+,26?,27-/m1/s1. The number of carboxylic acids is 1. The lowest BCUT2D eigenvalue weighted by Gasteiger charge is -2.62. The number of carboxylic acid groups (broad SMARTS) is 1. The number of fused-ring (bicyclic) bond motifs is 5. The van der Waals surface area contributed by atoms with E-state index >= 15 is 8.78 Å². The maximum absolute atomic E-state index is 17.2. The van der Waals surface area contributed by atoms with Crippen LogP contribution in [0.5, 0.6) is 0 Å². The Balaban J connectivity index is 1.77. The van der Waals surface area contributed by atoms with Gasteiger partial charge in [0.25, 0.3) is 0 Å². The van der Waals surface area contributed by atoms with Crippen LogP contribution in [0, 0.1) is 34.0 Å². The van der Waals surface area contributed by atoms with Crippen LogP contribution < -0.4 is 0 Å². The Hall–Kier alpha value is -2.29. The monoisotopic (exact) mass is 510 g/mol. The summed E-state index contributed by atoms with van der Waals surface area (Å²) < 4.78 is 43.6. The van der Waals surface area contributed by atoms with Crippen molar-refractivity contribution >= 4 is 17.9 Å². The molecule has 4 aliphatic rings. The summed E-state index contributed by atoms with van der Waals surface area (Å²) in [5, 5.41) is 21.8. The van der Waals surface area contributed by atoms with Gasteiger partial charge in [0.05, 0.1) is 12.7 Å². The summed E-state index contributed by atoms with van der Waals surface area (Å²) in [6.45, 7) is 10.2. The lowest BCUT2D eigenvalue weighted by molar-refractivity contribution is -0.231. The predicted octanol–water partition coefficient (Wildman–Crippen LogP) is 4.57. The number of hydrogen-bond acceptors (Lipinski definition) is 6. The lowest BCUT2D eigenvalue weighted by atomic mass is 9.44. The number of aliphatic hydroxyl groups is 1. The lowest BCUT2D eigenvalue weighted by Crippen LogP contribution is -2.71. The van der Waals surface area contributed by atoms with Gasteiger partial charge in [0.1, 0.15) is 6.17 Å². The van der Waals surface area contributed by atoms with Gasteiger partial charge in [-0.25, -0.2) is 18.4 Å². The molecule has 0 amide bonds. The van der Waals surface area contributed by atoms with Gasteiger partial charge in [0, 0.05) is 22.7 Å². The van der Waals surface area contributed by atoms with Gasteiger partial charge in [0.15, 0.2) is 11.5 Å². The first-order valence-corrected chi connectivity index (χ1v) is 12.5. The number of halogens is 2. The van der Waals surface area contributed by atoms with Crippen LogP contribution in [-0.4, -0.2) is 58.3 Å². The van der Waals surface area contributed by atoms with E-state index in [-0.39, 0.29) is 36.9 Å². The fraction of sp³-hybridized carbons (Fsp3) is 0.741. The van der Waals surface area contributed by atoms with Crippen molar-refractivity contribution in [2.45, 2.75) is 84.4 Å². The van der Waals surface area contributed by atoms with Crippen molar-refractivity contribution in [1.29, 1.82) is 0 Å². The first kappa shape index (κ1) is 26.8. The quantitative estimate of drug-likeness (QED) is 0.535. The summed E-state index contributed by atoms with van der Waals surface area (Å²) in [6.07, 6.45) is -1.33. The van der Waals surface area contributed by atoms with Gasteiger partial charge < -0.3 is 19.7 Å². The minimum Gasteiger partial charge on any atom is -0.478 e. The molecule has 3 saturated carbocycles. The second kappa shape index (κ2) is 8.10. The summed E-state index contributed by atoms with van der Waals surface area (Å²) in [7, 11) is 0. The van der Waals surface area contributed by atoms with Crippen molar-refractivity contribution < 1.29 is 42.9 Å². The van der Waals surface area contributed by atoms with E-state index in [0.29, 0.717) is 0 Å². The van der Waals surface area contributed by atoms with Crippen molar-refractivity contribution in [3.8, 4) is 0 Å². The molecule has 0 aliphatic heterocycles. The zero-order chi connectivity index (χ0) is 27.1. The summed E-state index contributed by atoms with van der Waals surface area (Å²) >= 11 is 0. The molecule has 0 heterocycles. The molecule has 0 radical (unpaired) electrons. The van der Waals surface area contributed by atoms with Crippen molar-refractivity contribution in [3.05, 3.63) is 23.8 Å². The topological polar surface area (TPSA) is 110 Å². The third kappa shape index (κ3) is 3.41. The summed E-state index contributed by atoms with van der Waals surface area (Å²) in [5.41, 5.74) is -7.81. The van der Waals surface area contributed by atoms with Gasteiger partial charge in [-0.2, -0.15) is 0 Å². The van der Waals surface area contributed by atoms with E-state index in [4.69, 9.17) is 9.47 Å². The molecule has 2 N–H and O–H groups in total. The van der Waals surface area contributed by atoms with Crippen LogP contribution >= 0.6 is 0 Å². The summed E-state index contributed by atoms with van der Waals surface area (Å²) in [5.74, 6) is -4.39. The zero-order valence-corrected chi connectivity index (χ0v) is 21.6. The molecule has 4 rings (SSSR count). The molecule has 0 aromatic heterocycles. The van der Waals surface area contributed by atoms with E-state index in [1.165, 1.54) is 19.1 Å². The number of aliphatic hydroxyl groups excluding tert-OH is 1. The molecule has 0 saturated heterocycles. The molecular weight excluding hydrogens is 474 g/mol.